The van der Waals surface area contributed by atoms with Crippen LogP contribution >= 0.6 is 11.3 Å². The zero-order chi connectivity index (χ0) is 19.3. The maximum Gasteiger partial charge on any atom is 0.316 e. The number of methoxy groups -OCH3 is 1. The highest BCUT2D eigenvalue weighted by Gasteiger charge is 2.13. The maximum absolute atomic E-state index is 12.5. The molecule has 0 aromatic carbocycles. The standard InChI is InChI=1S/C19H16N6O2S/c1-27-19-21-10-12(11-22-19)5-6-15(26)23-16-13-7-9-28-18(13)25-17(24-16)14-4-2-3-8-20-14/h2-4,7-11H,5-6H2,1H3,(H,23,24,25,26). The molecule has 9 heteroatoms. The molecule has 140 valence electrons. The summed E-state index contributed by atoms with van der Waals surface area (Å²) in [5, 5.41) is 5.63. The van der Waals surface area contributed by atoms with Crippen LogP contribution in [0.25, 0.3) is 21.7 Å². The van der Waals surface area contributed by atoms with Gasteiger partial charge in [-0.2, -0.15) is 0 Å². The van der Waals surface area contributed by atoms with Gasteiger partial charge < -0.3 is 10.1 Å². The van der Waals surface area contributed by atoms with Crippen LogP contribution in [0.3, 0.4) is 0 Å². The number of carbonyl (C=O) groups is 1. The number of nitrogens with zero attached hydrogens (tertiary/aromatic N) is 5. The number of pyridine rings is 1. The van der Waals surface area contributed by atoms with E-state index in [1.807, 2.05) is 29.6 Å². The highest BCUT2D eigenvalue weighted by molar-refractivity contribution is 7.16. The second-order valence-corrected chi connectivity index (χ2v) is 6.77. The number of carbonyl (C=O) groups excluding carboxylic acids is 1. The zero-order valence-corrected chi connectivity index (χ0v) is 15.8. The summed E-state index contributed by atoms with van der Waals surface area (Å²) in [5.74, 6) is 0.825. The van der Waals surface area contributed by atoms with Crippen molar-refractivity contribution in [3.05, 3.63) is 53.8 Å². The molecule has 0 aliphatic rings. The summed E-state index contributed by atoms with van der Waals surface area (Å²) in [7, 11) is 1.51. The molecule has 8 nitrogen and oxygen atoms in total. The lowest BCUT2D eigenvalue weighted by Gasteiger charge is -2.08. The molecule has 4 aromatic heterocycles. The van der Waals surface area contributed by atoms with Crippen molar-refractivity contribution in [2.75, 3.05) is 12.4 Å². The third-order valence-electron chi connectivity index (χ3n) is 3.98. The molecule has 0 bridgehead atoms. The van der Waals surface area contributed by atoms with E-state index in [0.717, 1.165) is 15.8 Å². The van der Waals surface area contributed by atoms with Crippen LogP contribution in [-0.4, -0.2) is 37.9 Å². The number of hydrogen-bond acceptors (Lipinski definition) is 8. The largest absolute Gasteiger partial charge is 0.467 e. The average Bonchev–Trinajstić information content (AvgIpc) is 3.22. The molecule has 0 fully saturated rings. The number of rotatable bonds is 6. The highest BCUT2D eigenvalue weighted by atomic mass is 32.1. The van der Waals surface area contributed by atoms with Crippen molar-refractivity contribution < 1.29 is 9.53 Å². The quantitative estimate of drug-likeness (QED) is 0.538. The summed E-state index contributed by atoms with van der Waals surface area (Å²) in [4.78, 5) is 34.7. The molecule has 0 saturated carbocycles. The summed E-state index contributed by atoms with van der Waals surface area (Å²) in [6, 6.07) is 7.74. The third-order valence-corrected chi connectivity index (χ3v) is 4.79. The minimum atomic E-state index is -0.144. The van der Waals surface area contributed by atoms with Crippen LogP contribution in [0.4, 0.5) is 5.82 Å². The fraction of sp³-hybridized carbons (Fsp3) is 0.158. The lowest BCUT2D eigenvalue weighted by molar-refractivity contribution is -0.116. The first-order valence-corrected chi connectivity index (χ1v) is 9.42. The van der Waals surface area contributed by atoms with E-state index in [4.69, 9.17) is 4.74 Å². The molecule has 0 aliphatic carbocycles. The average molecular weight is 392 g/mol. The van der Waals surface area contributed by atoms with Crippen molar-refractivity contribution in [1.29, 1.82) is 0 Å². The van der Waals surface area contributed by atoms with Crippen LogP contribution in [0.2, 0.25) is 0 Å². The van der Waals surface area contributed by atoms with E-state index < -0.39 is 0 Å². The Kier molecular flexibility index (Phi) is 5.16. The Morgan fingerprint density at radius 2 is 2.00 bits per heavy atom. The smallest absolute Gasteiger partial charge is 0.316 e. The number of anilines is 1. The fourth-order valence-corrected chi connectivity index (χ4v) is 3.35. The lowest BCUT2D eigenvalue weighted by atomic mass is 10.2. The summed E-state index contributed by atoms with van der Waals surface area (Å²) >= 11 is 1.49. The Morgan fingerprint density at radius 1 is 1.14 bits per heavy atom. The first kappa shape index (κ1) is 17.9. The Bertz CT molecular complexity index is 1100. The molecule has 0 aliphatic heterocycles. The Morgan fingerprint density at radius 3 is 2.75 bits per heavy atom. The van der Waals surface area contributed by atoms with Crippen molar-refractivity contribution >= 4 is 33.3 Å². The van der Waals surface area contributed by atoms with Crippen LogP contribution in [-0.2, 0) is 11.2 Å². The molecule has 0 atom stereocenters. The second kappa shape index (κ2) is 8.05. The minimum absolute atomic E-state index is 0.144. The van der Waals surface area contributed by atoms with Crippen molar-refractivity contribution in [1.82, 2.24) is 24.9 Å². The van der Waals surface area contributed by atoms with Crippen molar-refractivity contribution in [2.24, 2.45) is 0 Å². The molecule has 0 unspecified atom stereocenters. The molecule has 1 amide bonds. The van der Waals surface area contributed by atoms with Crippen molar-refractivity contribution in [3.63, 3.8) is 0 Å². The summed E-state index contributed by atoms with van der Waals surface area (Å²) in [6.07, 6.45) is 5.79. The van der Waals surface area contributed by atoms with Crippen LogP contribution in [0.1, 0.15) is 12.0 Å². The summed E-state index contributed by atoms with van der Waals surface area (Å²) in [5.41, 5.74) is 1.51. The van der Waals surface area contributed by atoms with Gasteiger partial charge in [-0.25, -0.2) is 19.9 Å². The predicted molar refractivity (Wildman–Crippen MR) is 106 cm³/mol. The van der Waals surface area contributed by atoms with Crippen molar-refractivity contribution in [2.45, 2.75) is 12.8 Å². The van der Waals surface area contributed by atoms with Gasteiger partial charge in [-0.1, -0.05) is 6.07 Å². The number of fused-ring (bicyclic) bond motifs is 1. The van der Waals surface area contributed by atoms with Crippen LogP contribution in [0, 0.1) is 0 Å². The van der Waals surface area contributed by atoms with E-state index in [1.165, 1.54) is 18.4 Å². The first-order chi connectivity index (χ1) is 13.7. The molecular weight excluding hydrogens is 376 g/mol. The van der Waals surface area contributed by atoms with E-state index >= 15 is 0 Å². The zero-order valence-electron chi connectivity index (χ0n) is 15.0. The Balaban J connectivity index is 1.51. The molecular formula is C19H16N6O2S. The van der Waals surface area contributed by atoms with Gasteiger partial charge in [-0.3, -0.25) is 9.78 Å². The Labute approximate surface area is 164 Å². The third kappa shape index (κ3) is 3.94. The number of ether oxygens (including phenoxy) is 1. The maximum atomic E-state index is 12.5. The van der Waals surface area contributed by atoms with Gasteiger partial charge in [0.1, 0.15) is 16.3 Å². The van der Waals surface area contributed by atoms with Gasteiger partial charge in [0.15, 0.2) is 5.82 Å². The number of aryl methyl sites for hydroxylation is 1. The van der Waals surface area contributed by atoms with Crippen LogP contribution in [0.15, 0.2) is 48.2 Å². The highest BCUT2D eigenvalue weighted by Crippen LogP contribution is 2.28. The van der Waals surface area contributed by atoms with Gasteiger partial charge in [0.25, 0.3) is 0 Å². The topological polar surface area (TPSA) is 103 Å². The fourth-order valence-electron chi connectivity index (χ4n) is 2.59. The molecule has 0 spiro atoms. The van der Waals surface area contributed by atoms with Gasteiger partial charge in [0.2, 0.25) is 5.91 Å². The minimum Gasteiger partial charge on any atom is -0.467 e. The number of thiophene rings is 1. The molecule has 0 saturated heterocycles. The number of hydrogen-bond donors (Lipinski definition) is 1. The van der Waals surface area contributed by atoms with E-state index in [9.17, 15) is 4.79 Å². The monoisotopic (exact) mass is 392 g/mol. The molecule has 0 radical (unpaired) electrons. The second-order valence-electron chi connectivity index (χ2n) is 5.88. The van der Waals surface area contributed by atoms with Gasteiger partial charge in [0.05, 0.1) is 12.5 Å². The lowest BCUT2D eigenvalue weighted by Crippen LogP contribution is -2.14. The van der Waals surface area contributed by atoms with E-state index in [2.05, 4.69) is 30.2 Å². The summed E-state index contributed by atoms with van der Waals surface area (Å²) in [6.45, 7) is 0. The molecule has 28 heavy (non-hydrogen) atoms. The van der Waals surface area contributed by atoms with E-state index in [1.54, 1.807) is 18.6 Å². The van der Waals surface area contributed by atoms with Gasteiger partial charge in [-0.05, 0) is 35.6 Å². The molecule has 4 heterocycles. The van der Waals surface area contributed by atoms with E-state index in [-0.39, 0.29) is 12.3 Å². The SMILES string of the molecule is COc1ncc(CCC(=O)Nc2nc(-c3ccccn3)nc3sccc23)cn1. The normalized spacial score (nSPS) is 10.8. The molecule has 1 N–H and O–H groups in total. The number of aromatic nitrogens is 5. The van der Waals surface area contributed by atoms with Crippen LogP contribution in [0.5, 0.6) is 6.01 Å². The predicted octanol–water partition coefficient (Wildman–Crippen LogP) is 3.12. The van der Waals surface area contributed by atoms with Gasteiger partial charge in [-0.15, -0.1) is 11.3 Å². The molecule has 4 aromatic rings. The van der Waals surface area contributed by atoms with Crippen LogP contribution < -0.4 is 10.1 Å². The number of nitrogens with one attached hydrogen (secondary N) is 1. The summed E-state index contributed by atoms with van der Waals surface area (Å²) < 4.78 is 4.93. The van der Waals surface area contributed by atoms with Gasteiger partial charge >= 0.3 is 6.01 Å². The number of amides is 1. The molecule has 4 rings (SSSR count). The first-order valence-electron chi connectivity index (χ1n) is 8.54. The van der Waals surface area contributed by atoms with Crippen molar-refractivity contribution in [3.8, 4) is 17.5 Å². The Hall–Kier alpha value is -3.46. The van der Waals surface area contributed by atoms with E-state index in [0.29, 0.717) is 29.8 Å². The van der Waals surface area contributed by atoms with Gasteiger partial charge in [0, 0.05) is 25.0 Å².